The molecular weight excluding hydrogens is 467 g/mol. The van der Waals surface area contributed by atoms with Crippen LogP contribution in [0, 0.1) is 0 Å². The lowest BCUT2D eigenvalue weighted by atomic mass is 9.96. The van der Waals surface area contributed by atoms with Gasteiger partial charge in [-0.05, 0) is 48.2 Å². The number of alkyl halides is 3. The predicted molar refractivity (Wildman–Crippen MR) is 113 cm³/mol. The quantitative estimate of drug-likeness (QED) is 0.566. The third-order valence-electron chi connectivity index (χ3n) is 5.20. The lowest BCUT2D eigenvalue weighted by molar-refractivity contribution is -0.137. The summed E-state index contributed by atoms with van der Waals surface area (Å²) in [5, 5.41) is 6.05. The number of aromatic amines is 1. The third-order valence-corrected chi connectivity index (χ3v) is 7.39. The maximum atomic E-state index is 14.0. The number of halogens is 4. The van der Waals surface area contributed by atoms with Crippen LogP contribution >= 0.6 is 11.6 Å². The molecule has 3 N–H and O–H groups in total. The molecule has 1 aliphatic rings. The second kappa shape index (κ2) is 8.38. The first-order valence-corrected chi connectivity index (χ1v) is 11.5. The number of H-pyrrole nitrogens is 1. The second-order valence-corrected chi connectivity index (χ2v) is 9.80. The zero-order valence-corrected chi connectivity index (χ0v) is 18.2. The van der Waals surface area contributed by atoms with E-state index in [1.165, 1.54) is 34.6 Å². The molecule has 170 valence electrons. The summed E-state index contributed by atoms with van der Waals surface area (Å²) < 4.78 is 69.0. The normalized spacial score (nSPS) is 15.4. The minimum atomic E-state index is -4.72. The van der Waals surface area contributed by atoms with E-state index in [0.29, 0.717) is 13.1 Å². The lowest BCUT2D eigenvalue weighted by Crippen LogP contribution is -2.27. The molecule has 12 heteroatoms. The van der Waals surface area contributed by atoms with E-state index in [4.69, 9.17) is 17.3 Å². The Morgan fingerprint density at radius 1 is 1.16 bits per heavy atom. The average Bonchev–Trinajstić information content (AvgIpc) is 3.39. The van der Waals surface area contributed by atoms with E-state index in [-0.39, 0.29) is 44.8 Å². The minimum Gasteiger partial charge on any atom is -0.367 e. The Balaban J connectivity index is 1.79. The number of nitrogens with zero attached hydrogens (tertiary/aromatic N) is 3. The van der Waals surface area contributed by atoms with Gasteiger partial charge >= 0.3 is 6.18 Å². The number of aromatic nitrogens is 3. The molecule has 2 heterocycles. The highest BCUT2D eigenvalue weighted by atomic mass is 35.5. The summed E-state index contributed by atoms with van der Waals surface area (Å²) in [6, 6.07) is 7.81. The van der Waals surface area contributed by atoms with Crippen molar-refractivity contribution in [2.45, 2.75) is 30.3 Å². The van der Waals surface area contributed by atoms with Gasteiger partial charge in [0.25, 0.3) is 0 Å². The van der Waals surface area contributed by atoms with Gasteiger partial charge in [0.1, 0.15) is 5.82 Å². The van der Waals surface area contributed by atoms with E-state index in [2.05, 4.69) is 15.2 Å². The molecule has 3 aromatic rings. The first-order chi connectivity index (χ1) is 15.1. The Hall–Kier alpha value is -2.63. The summed E-state index contributed by atoms with van der Waals surface area (Å²) in [6.07, 6.45) is -3.21. The molecule has 4 rings (SSSR count). The van der Waals surface area contributed by atoms with Gasteiger partial charge < -0.3 is 5.73 Å². The van der Waals surface area contributed by atoms with Crippen LogP contribution in [0.15, 0.2) is 41.3 Å². The molecule has 1 fully saturated rings. The van der Waals surface area contributed by atoms with Crippen LogP contribution in [-0.2, 0) is 22.6 Å². The van der Waals surface area contributed by atoms with Gasteiger partial charge in [0.05, 0.1) is 10.5 Å². The number of nitrogen functional groups attached to an aromatic ring is 1. The fourth-order valence-electron chi connectivity index (χ4n) is 3.75. The molecule has 1 aliphatic heterocycles. The largest absolute Gasteiger partial charge is 0.417 e. The average molecular weight is 486 g/mol. The van der Waals surface area contributed by atoms with Crippen molar-refractivity contribution in [2.75, 3.05) is 18.8 Å². The minimum absolute atomic E-state index is 0.0106. The topological polar surface area (TPSA) is 105 Å². The van der Waals surface area contributed by atoms with E-state index in [0.717, 1.165) is 18.9 Å². The highest BCUT2D eigenvalue weighted by Gasteiger charge is 2.36. The van der Waals surface area contributed by atoms with Crippen LogP contribution < -0.4 is 5.73 Å². The number of sulfonamides is 1. The zero-order chi connectivity index (χ0) is 23.1. The van der Waals surface area contributed by atoms with Gasteiger partial charge in [0, 0.05) is 30.1 Å². The van der Waals surface area contributed by atoms with Crippen molar-refractivity contribution in [3.8, 4) is 11.1 Å². The standard InChI is InChI=1S/C20H19ClF3N5O2S/c21-16-9-12(10-17-26-19(25)28-27-17)8-15(20(22,23)24)18(16)13-4-3-5-14(11-13)32(30,31)29-6-1-2-7-29/h3-5,8-9,11H,1-2,6-7,10H2,(H3,25,26,27,28). The summed E-state index contributed by atoms with van der Waals surface area (Å²) in [5.41, 5.74) is 4.52. The summed E-state index contributed by atoms with van der Waals surface area (Å²) in [4.78, 5) is 3.83. The molecule has 0 atom stereocenters. The van der Waals surface area contributed by atoms with Crippen LogP contribution in [0.3, 0.4) is 0 Å². The van der Waals surface area contributed by atoms with E-state index < -0.39 is 21.8 Å². The molecule has 32 heavy (non-hydrogen) atoms. The van der Waals surface area contributed by atoms with Gasteiger partial charge in [0.2, 0.25) is 16.0 Å². The molecule has 0 saturated carbocycles. The lowest BCUT2D eigenvalue weighted by Gasteiger charge is -2.19. The van der Waals surface area contributed by atoms with Crippen LogP contribution in [0.2, 0.25) is 5.02 Å². The Labute approximate surface area is 187 Å². The van der Waals surface area contributed by atoms with Crippen molar-refractivity contribution in [1.29, 1.82) is 0 Å². The molecule has 0 aliphatic carbocycles. The Morgan fingerprint density at radius 3 is 2.50 bits per heavy atom. The van der Waals surface area contributed by atoms with Gasteiger partial charge in [-0.1, -0.05) is 23.7 Å². The molecule has 0 bridgehead atoms. The SMILES string of the molecule is Nc1n[nH]c(Cc2cc(Cl)c(-c3cccc(S(=O)(=O)N4CCCC4)c3)c(C(F)(F)F)c2)n1. The molecule has 1 saturated heterocycles. The number of hydrogen-bond donors (Lipinski definition) is 2. The Bertz CT molecular complexity index is 1250. The van der Waals surface area contributed by atoms with Crippen molar-refractivity contribution < 1.29 is 21.6 Å². The first kappa shape index (κ1) is 22.6. The van der Waals surface area contributed by atoms with Gasteiger partial charge in [-0.3, -0.25) is 5.10 Å². The van der Waals surface area contributed by atoms with Gasteiger partial charge in [-0.15, -0.1) is 5.10 Å². The van der Waals surface area contributed by atoms with E-state index >= 15 is 0 Å². The summed E-state index contributed by atoms with van der Waals surface area (Å²) in [6.45, 7) is 0.782. The van der Waals surface area contributed by atoms with Crippen LogP contribution in [-0.4, -0.2) is 41.0 Å². The van der Waals surface area contributed by atoms with Crippen molar-refractivity contribution >= 4 is 27.6 Å². The molecular formula is C20H19ClF3N5O2S. The fraction of sp³-hybridized carbons (Fsp3) is 0.300. The highest BCUT2D eigenvalue weighted by molar-refractivity contribution is 7.89. The predicted octanol–water partition coefficient (Wildman–Crippen LogP) is 4.10. The van der Waals surface area contributed by atoms with Crippen molar-refractivity contribution in [1.82, 2.24) is 19.5 Å². The van der Waals surface area contributed by atoms with Crippen molar-refractivity contribution in [3.63, 3.8) is 0 Å². The highest BCUT2D eigenvalue weighted by Crippen LogP contribution is 2.42. The molecule has 0 radical (unpaired) electrons. The number of nitrogens with one attached hydrogen (secondary N) is 1. The number of benzene rings is 2. The molecule has 1 aromatic heterocycles. The Morgan fingerprint density at radius 2 is 1.88 bits per heavy atom. The number of nitrogens with two attached hydrogens (primary N) is 1. The Kier molecular flexibility index (Phi) is 5.91. The number of anilines is 1. The monoisotopic (exact) mass is 485 g/mol. The smallest absolute Gasteiger partial charge is 0.367 e. The number of rotatable bonds is 5. The van der Waals surface area contributed by atoms with Gasteiger partial charge in [-0.25, -0.2) is 8.42 Å². The van der Waals surface area contributed by atoms with E-state index in [1.807, 2.05) is 0 Å². The zero-order valence-electron chi connectivity index (χ0n) is 16.7. The molecule has 0 spiro atoms. The van der Waals surface area contributed by atoms with Crippen molar-refractivity contribution in [3.05, 3.63) is 58.4 Å². The van der Waals surface area contributed by atoms with Crippen LogP contribution in [0.4, 0.5) is 19.1 Å². The molecule has 0 unspecified atom stereocenters. The van der Waals surface area contributed by atoms with E-state index in [1.54, 1.807) is 0 Å². The van der Waals surface area contributed by atoms with Crippen LogP contribution in [0.25, 0.3) is 11.1 Å². The van der Waals surface area contributed by atoms with Crippen LogP contribution in [0.5, 0.6) is 0 Å². The first-order valence-electron chi connectivity index (χ1n) is 9.72. The third kappa shape index (κ3) is 4.45. The second-order valence-electron chi connectivity index (χ2n) is 7.45. The van der Waals surface area contributed by atoms with Gasteiger partial charge in [-0.2, -0.15) is 22.5 Å². The van der Waals surface area contributed by atoms with Crippen molar-refractivity contribution in [2.24, 2.45) is 0 Å². The fourth-order valence-corrected chi connectivity index (χ4v) is 5.67. The van der Waals surface area contributed by atoms with E-state index in [9.17, 15) is 21.6 Å². The van der Waals surface area contributed by atoms with Crippen LogP contribution in [0.1, 0.15) is 29.8 Å². The summed E-state index contributed by atoms with van der Waals surface area (Å²) in [7, 11) is -3.80. The van der Waals surface area contributed by atoms with Gasteiger partial charge in [0.15, 0.2) is 0 Å². The molecule has 2 aromatic carbocycles. The maximum Gasteiger partial charge on any atom is 0.417 e. The summed E-state index contributed by atoms with van der Waals surface area (Å²) in [5.74, 6) is 0.271. The number of hydrogen-bond acceptors (Lipinski definition) is 5. The summed E-state index contributed by atoms with van der Waals surface area (Å²) >= 11 is 6.31. The molecule has 7 nitrogen and oxygen atoms in total. The molecule has 0 amide bonds. The maximum absolute atomic E-state index is 14.0.